The van der Waals surface area contributed by atoms with Crippen LogP contribution in [0.5, 0.6) is 0 Å². The lowest BCUT2D eigenvalue weighted by Gasteiger charge is -2.11. The van der Waals surface area contributed by atoms with Crippen molar-refractivity contribution in [3.8, 4) is 0 Å². The fourth-order valence-electron chi connectivity index (χ4n) is 1.66. The van der Waals surface area contributed by atoms with Crippen molar-refractivity contribution in [2.24, 2.45) is 0 Å². The van der Waals surface area contributed by atoms with Gasteiger partial charge < -0.3 is 5.32 Å². The summed E-state index contributed by atoms with van der Waals surface area (Å²) in [6.07, 6.45) is 1.59. The monoisotopic (exact) mass is 366 g/mol. The summed E-state index contributed by atoms with van der Waals surface area (Å²) in [5.41, 5.74) is 0.331. The summed E-state index contributed by atoms with van der Waals surface area (Å²) in [7, 11) is -3.82. The molecule has 0 radical (unpaired) electrons. The molecule has 0 aliphatic carbocycles. The van der Waals surface area contributed by atoms with Gasteiger partial charge in [0.2, 0.25) is 10.0 Å². The summed E-state index contributed by atoms with van der Waals surface area (Å²) in [4.78, 5) is -0.309. The lowest BCUT2D eigenvalue weighted by atomic mass is 10.2. The molecule has 7 heteroatoms. The predicted octanol–water partition coefficient (Wildman–Crippen LogP) is 2.78. The van der Waals surface area contributed by atoms with Gasteiger partial charge in [0.05, 0.1) is 0 Å². The molecule has 114 valence electrons. The van der Waals surface area contributed by atoms with Crippen molar-refractivity contribution in [2.45, 2.75) is 38.1 Å². The summed E-state index contributed by atoms with van der Waals surface area (Å²) >= 11 is 3.23. The minimum atomic E-state index is -3.82. The largest absolute Gasteiger partial charge is 0.313 e. The molecule has 0 bridgehead atoms. The first-order chi connectivity index (χ1) is 9.42. The fraction of sp³-hybridized carbons (Fsp3) is 0.538. The Kier molecular flexibility index (Phi) is 7.08. The number of halogens is 2. The van der Waals surface area contributed by atoms with Crippen molar-refractivity contribution in [1.29, 1.82) is 0 Å². The Hall–Kier alpha value is -0.500. The number of sulfonamides is 1. The highest BCUT2D eigenvalue weighted by atomic mass is 79.9. The Balaban J connectivity index is 3.07. The molecule has 0 saturated carbocycles. The van der Waals surface area contributed by atoms with Gasteiger partial charge >= 0.3 is 0 Å². The van der Waals surface area contributed by atoms with Gasteiger partial charge in [0, 0.05) is 23.1 Å². The second kappa shape index (κ2) is 8.07. The van der Waals surface area contributed by atoms with Crippen LogP contribution >= 0.6 is 15.9 Å². The van der Waals surface area contributed by atoms with Gasteiger partial charge in [0.15, 0.2) is 0 Å². The summed E-state index contributed by atoms with van der Waals surface area (Å²) in [6, 6.07) is 2.88. The molecule has 0 spiro atoms. The zero-order chi connectivity index (χ0) is 15.2. The van der Waals surface area contributed by atoms with E-state index in [1.807, 2.05) is 13.8 Å². The van der Waals surface area contributed by atoms with Crippen molar-refractivity contribution < 1.29 is 12.8 Å². The second-order valence-corrected chi connectivity index (χ2v) is 7.06. The molecule has 2 N–H and O–H groups in total. The molecular formula is C13H20BrFN2O2S. The maximum absolute atomic E-state index is 14.3. The minimum absolute atomic E-state index is 0.291. The van der Waals surface area contributed by atoms with E-state index in [1.54, 1.807) is 6.07 Å². The third kappa shape index (κ3) is 4.80. The number of hydrogen-bond donors (Lipinski definition) is 2. The zero-order valence-electron chi connectivity index (χ0n) is 11.7. The highest BCUT2D eigenvalue weighted by Gasteiger charge is 2.21. The van der Waals surface area contributed by atoms with E-state index in [2.05, 4.69) is 26.0 Å². The molecule has 0 heterocycles. The number of nitrogens with one attached hydrogen (secondary N) is 2. The maximum atomic E-state index is 14.3. The van der Waals surface area contributed by atoms with Crippen molar-refractivity contribution in [3.05, 3.63) is 28.0 Å². The van der Waals surface area contributed by atoms with E-state index < -0.39 is 15.8 Å². The van der Waals surface area contributed by atoms with Crippen LogP contribution in [0.3, 0.4) is 0 Å². The van der Waals surface area contributed by atoms with Gasteiger partial charge in [-0.05, 0) is 25.1 Å². The number of rotatable bonds is 8. The topological polar surface area (TPSA) is 58.2 Å². The Labute approximate surface area is 128 Å². The van der Waals surface area contributed by atoms with Crippen LogP contribution in [0, 0.1) is 5.82 Å². The molecule has 0 atom stereocenters. The normalized spacial score (nSPS) is 11.8. The van der Waals surface area contributed by atoms with E-state index in [9.17, 15) is 12.8 Å². The van der Waals surface area contributed by atoms with Crippen LogP contribution in [0.1, 0.15) is 32.3 Å². The first-order valence-corrected chi connectivity index (χ1v) is 8.88. The van der Waals surface area contributed by atoms with Crippen LogP contribution in [0.2, 0.25) is 0 Å². The van der Waals surface area contributed by atoms with Crippen LogP contribution in [0.25, 0.3) is 0 Å². The van der Waals surface area contributed by atoms with Crippen LogP contribution in [0.15, 0.2) is 21.5 Å². The summed E-state index contributed by atoms with van der Waals surface area (Å²) < 4.78 is 41.5. The van der Waals surface area contributed by atoms with Gasteiger partial charge in [-0.15, -0.1) is 0 Å². The van der Waals surface area contributed by atoms with Crippen LogP contribution in [-0.4, -0.2) is 21.5 Å². The molecule has 1 rings (SSSR count). The van der Waals surface area contributed by atoms with Crippen LogP contribution in [-0.2, 0) is 16.6 Å². The van der Waals surface area contributed by atoms with E-state index in [1.165, 1.54) is 6.07 Å². The second-order valence-electron chi connectivity index (χ2n) is 4.41. The molecule has 0 unspecified atom stereocenters. The highest BCUT2D eigenvalue weighted by Crippen LogP contribution is 2.24. The number of unbranched alkanes of at least 4 members (excludes halogenated alkanes) is 1. The van der Waals surface area contributed by atoms with E-state index in [4.69, 9.17) is 0 Å². The molecule has 4 nitrogen and oxygen atoms in total. The molecule has 0 saturated heterocycles. The molecule has 1 aromatic carbocycles. The molecule has 0 aliphatic heterocycles. The summed E-state index contributed by atoms with van der Waals surface area (Å²) in [5.74, 6) is -0.696. The molecular weight excluding hydrogens is 347 g/mol. The molecule has 0 aromatic heterocycles. The third-order valence-corrected chi connectivity index (χ3v) is 4.67. The van der Waals surface area contributed by atoms with Crippen molar-refractivity contribution in [1.82, 2.24) is 10.0 Å². The molecule has 20 heavy (non-hydrogen) atoms. The smallest absolute Gasteiger partial charge is 0.243 e. The predicted molar refractivity (Wildman–Crippen MR) is 81.6 cm³/mol. The standard InChI is InChI=1S/C13H20BrFN2O2S/c1-3-5-6-17-20(18,19)12-8-11(14)7-10(13(12)15)9-16-4-2/h7-8,16-17H,3-6,9H2,1-2H3. The van der Waals surface area contributed by atoms with Gasteiger partial charge in [0.25, 0.3) is 0 Å². The number of hydrogen-bond acceptors (Lipinski definition) is 3. The van der Waals surface area contributed by atoms with Gasteiger partial charge in [-0.3, -0.25) is 0 Å². The first-order valence-electron chi connectivity index (χ1n) is 6.60. The van der Waals surface area contributed by atoms with Gasteiger partial charge in [0.1, 0.15) is 10.7 Å². The molecule has 0 fully saturated rings. The van der Waals surface area contributed by atoms with Gasteiger partial charge in [-0.25, -0.2) is 17.5 Å². The van der Waals surface area contributed by atoms with E-state index in [0.717, 1.165) is 12.8 Å². The summed E-state index contributed by atoms with van der Waals surface area (Å²) in [6.45, 7) is 5.15. The fourth-order valence-corrected chi connectivity index (χ4v) is 3.54. The van der Waals surface area contributed by atoms with E-state index in [0.29, 0.717) is 29.7 Å². The highest BCUT2D eigenvalue weighted by molar-refractivity contribution is 9.10. The average molecular weight is 367 g/mol. The lowest BCUT2D eigenvalue weighted by molar-refractivity contribution is 0.542. The number of benzene rings is 1. The Morgan fingerprint density at radius 1 is 1.30 bits per heavy atom. The molecule has 0 amide bonds. The molecule has 1 aromatic rings. The van der Waals surface area contributed by atoms with Crippen LogP contribution in [0.4, 0.5) is 4.39 Å². The van der Waals surface area contributed by atoms with Crippen molar-refractivity contribution in [3.63, 3.8) is 0 Å². The maximum Gasteiger partial charge on any atom is 0.243 e. The van der Waals surface area contributed by atoms with Gasteiger partial charge in [-0.2, -0.15) is 0 Å². The minimum Gasteiger partial charge on any atom is -0.313 e. The van der Waals surface area contributed by atoms with E-state index in [-0.39, 0.29) is 4.90 Å². The third-order valence-electron chi connectivity index (χ3n) is 2.76. The van der Waals surface area contributed by atoms with Gasteiger partial charge in [-0.1, -0.05) is 36.2 Å². The average Bonchev–Trinajstić information content (AvgIpc) is 2.39. The Morgan fingerprint density at radius 3 is 2.60 bits per heavy atom. The van der Waals surface area contributed by atoms with Crippen molar-refractivity contribution in [2.75, 3.05) is 13.1 Å². The first kappa shape index (κ1) is 17.6. The SMILES string of the molecule is CCCCNS(=O)(=O)c1cc(Br)cc(CNCC)c1F. The molecule has 0 aliphatic rings. The van der Waals surface area contributed by atoms with Crippen LogP contribution < -0.4 is 10.0 Å². The van der Waals surface area contributed by atoms with E-state index >= 15 is 0 Å². The Morgan fingerprint density at radius 2 is 2.00 bits per heavy atom. The zero-order valence-corrected chi connectivity index (χ0v) is 14.1. The Bertz CT molecular complexity index is 550. The quantitative estimate of drug-likeness (QED) is 0.695. The lowest BCUT2D eigenvalue weighted by Crippen LogP contribution is -2.26. The summed E-state index contributed by atoms with van der Waals surface area (Å²) in [5, 5.41) is 2.99. The van der Waals surface area contributed by atoms with Crippen molar-refractivity contribution >= 4 is 26.0 Å².